The van der Waals surface area contributed by atoms with E-state index in [0.29, 0.717) is 45.1 Å². The molecule has 11 nitrogen and oxygen atoms in total. The number of primary amides is 1. The summed E-state index contributed by atoms with van der Waals surface area (Å²) in [7, 11) is 0. The molecule has 0 radical (unpaired) electrons. The van der Waals surface area contributed by atoms with Crippen molar-refractivity contribution in [3.05, 3.63) is 0 Å². The van der Waals surface area contributed by atoms with Crippen molar-refractivity contribution in [1.29, 1.82) is 0 Å². The number of nitrogens with one attached hydrogen (secondary N) is 3. The first-order valence-corrected chi connectivity index (χ1v) is 16.0. The van der Waals surface area contributed by atoms with Gasteiger partial charge >= 0.3 is 6.09 Å². The number of carbonyl (C=O) groups excluding carboxylic acids is 5. The van der Waals surface area contributed by atoms with Crippen LogP contribution in [0, 0.1) is 29.1 Å². The lowest BCUT2D eigenvalue weighted by molar-refractivity contribution is -0.163. The largest absolute Gasteiger partial charge is 0.444 e. The van der Waals surface area contributed by atoms with Crippen LogP contribution < -0.4 is 21.7 Å². The topological polar surface area (TPSA) is 160 Å². The summed E-state index contributed by atoms with van der Waals surface area (Å²) >= 11 is 0. The van der Waals surface area contributed by atoms with Gasteiger partial charge in [-0.25, -0.2) is 9.18 Å². The van der Waals surface area contributed by atoms with Crippen molar-refractivity contribution in [2.45, 2.75) is 127 Å². The molecule has 0 aromatic carbocycles. The molecule has 2 saturated heterocycles. The molecule has 7 rings (SSSR count). The minimum absolute atomic E-state index is 0.0922. The van der Waals surface area contributed by atoms with Crippen molar-refractivity contribution in [1.82, 2.24) is 20.9 Å². The average molecular weight is 604 g/mol. The number of alkyl carbamates (subject to hydrolysis) is 1. The van der Waals surface area contributed by atoms with Crippen LogP contribution in [0.4, 0.5) is 9.18 Å². The van der Waals surface area contributed by atoms with Gasteiger partial charge in [-0.05, 0) is 109 Å². The minimum atomic E-state index is -1.36. The number of nitrogens with two attached hydrogens (primary N) is 1. The zero-order valence-corrected chi connectivity index (χ0v) is 25.5. The summed E-state index contributed by atoms with van der Waals surface area (Å²) in [4.78, 5) is 67.9. The van der Waals surface area contributed by atoms with Crippen LogP contribution in [0.1, 0.15) is 91.4 Å². The predicted octanol–water partition coefficient (Wildman–Crippen LogP) is 2.06. The zero-order chi connectivity index (χ0) is 30.9. The van der Waals surface area contributed by atoms with Crippen molar-refractivity contribution in [2.75, 3.05) is 6.54 Å². The number of amides is 5. The Morgan fingerprint density at radius 1 is 1.07 bits per heavy atom. The van der Waals surface area contributed by atoms with Crippen molar-refractivity contribution < 1.29 is 33.1 Å². The fraction of sp³-hybridized carbons (Fsp3) is 0.839. The number of hydrogen-bond donors (Lipinski definition) is 4. The van der Waals surface area contributed by atoms with Gasteiger partial charge in [0.25, 0.3) is 0 Å². The van der Waals surface area contributed by atoms with Gasteiger partial charge in [0, 0.05) is 23.9 Å². The Morgan fingerprint density at radius 3 is 2.35 bits per heavy atom. The Labute approximate surface area is 251 Å². The molecular formula is C31H46FN5O6. The lowest BCUT2D eigenvalue weighted by Crippen LogP contribution is -2.67. The van der Waals surface area contributed by atoms with E-state index in [1.807, 2.05) is 0 Å². The van der Waals surface area contributed by atoms with E-state index in [1.165, 1.54) is 0 Å². The van der Waals surface area contributed by atoms with Crippen molar-refractivity contribution in [3.8, 4) is 0 Å². The number of alkyl halides is 1. The van der Waals surface area contributed by atoms with E-state index in [-0.39, 0.29) is 48.5 Å². The number of likely N-dealkylation sites (tertiary alicyclic amines) is 1. The molecule has 5 amide bonds. The summed E-state index contributed by atoms with van der Waals surface area (Å²) in [5.74, 6) is -2.00. The molecule has 12 heteroatoms. The number of nitrogens with zero attached hydrogens (tertiary/aromatic N) is 1. The van der Waals surface area contributed by atoms with Gasteiger partial charge in [0.05, 0.1) is 0 Å². The molecule has 5 N–H and O–H groups in total. The SMILES string of the molecule is CC(C)(C)OC(=O)N[C@H](C(=O)N1[C@@H]2CC[C@@H](C2)[C@H]1C(=O)N[C@@H](C[C@@H]1CCNC1=O)C(N)=O)C12CC3CC(CC(F)(C3)C1)C2. The third kappa shape index (κ3) is 5.70. The highest BCUT2D eigenvalue weighted by atomic mass is 19.1. The van der Waals surface area contributed by atoms with E-state index in [4.69, 9.17) is 10.5 Å². The third-order valence-corrected chi connectivity index (χ3v) is 11.0. The van der Waals surface area contributed by atoms with Crippen LogP contribution in [-0.4, -0.2) is 76.6 Å². The molecule has 7 fully saturated rings. The van der Waals surface area contributed by atoms with Crippen LogP contribution in [0.3, 0.4) is 0 Å². The fourth-order valence-corrected chi connectivity index (χ4v) is 9.91. The minimum Gasteiger partial charge on any atom is -0.444 e. The van der Waals surface area contributed by atoms with E-state index in [0.717, 1.165) is 19.3 Å². The molecule has 43 heavy (non-hydrogen) atoms. The van der Waals surface area contributed by atoms with Gasteiger partial charge in [0.15, 0.2) is 0 Å². The van der Waals surface area contributed by atoms with Gasteiger partial charge < -0.3 is 31.3 Å². The van der Waals surface area contributed by atoms with Crippen molar-refractivity contribution in [3.63, 3.8) is 0 Å². The van der Waals surface area contributed by atoms with E-state index in [9.17, 15) is 24.0 Å². The monoisotopic (exact) mass is 603 g/mol. The maximum atomic E-state index is 16.1. The summed E-state index contributed by atoms with van der Waals surface area (Å²) in [6.07, 6.45) is 5.45. The van der Waals surface area contributed by atoms with Crippen LogP contribution in [0.5, 0.6) is 0 Å². The Kier molecular flexibility index (Phi) is 7.43. The average Bonchev–Trinajstić information content (AvgIpc) is 3.60. The molecule has 2 unspecified atom stereocenters. The van der Waals surface area contributed by atoms with Crippen molar-refractivity contribution in [2.24, 2.45) is 34.8 Å². The van der Waals surface area contributed by atoms with Gasteiger partial charge in [-0.15, -0.1) is 0 Å². The molecule has 0 spiro atoms. The summed E-state index contributed by atoms with van der Waals surface area (Å²) < 4.78 is 21.7. The number of ether oxygens (including phenoxy) is 1. The first-order chi connectivity index (χ1) is 20.2. The lowest BCUT2D eigenvalue weighted by Gasteiger charge is -2.61. The van der Waals surface area contributed by atoms with E-state index >= 15 is 4.39 Å². The molecule has 2 aliphatic heterocycles. The summed E-state index contributed by atoms with van der Waals surface area (Å²) in [5.41, 5.74) is 2.73. The van der Waals surface area contributed by atoms with Crippen LogP contribution in [0.25, 0.3) is 0 Å². The van der Waals surface area contributed by atoms with Gasteiger partial charge in [-0.2, -0.15) is 0 Å². The number of carbonyl (C=O) groups is 5. The maximum Gasteiger partial charge on any atom is 0.408 e. The van der Waals surface area contributed by atoms with Crippen LogP contribution in [0.15, 0.2) is 0 Å². The number of halogens is 1. The highest BCUT2D eigenvalue weighted by Crippen LogP contribution is 2.64. The standard InChI is InChI=1S/C31H46FN5O6/c1-29(2,3)43-28(42)36-23(30-11-16-8-17(12-30)14-31(32,13-16)15-30)27(41)37-20-5-4-18(9-20)22(37)26(40)35-21(24(33)38)10-19-6-7-34-25(19)39/h16-23H,4-15H2,1-3H3,(H2,33,38)(H,34,39)(H,35,40)(H,36,42)/t16?,17?,18-,19-,20+,21-,22-,23+,30?,31?/m0/s1. The van der Waals surface area contributed by atoms with Crippen LogP contribution in [0.2, 0.25) is 0 Å². The van der Waals surface area contributed by atoms with Gasteiger partial charge in [0.1, 0.15) is 29.4 Å². The Balaban J connectivity index is 1.27. The normalized spacial score (nSPS) is 38.9. The highest BCUT2D eigenvalue weighted by Gasteiger charge is 2.64. The van der Waals surface area contributed by atoms with Crippen LogP contribution >= 0.6 is 0 Å². The molecule has 8 atom stereocenters. The second kappa shape index (κ2) is 10.6. The third-order valence-electron chi connectivity index (χ3n) is 11.0. The van der Waals surface area contributed by atoms with E-state index in [1.54, 1.807) is 25.7 Å². The van der Waals surface area contributed by atoms with Crippen molar-refractivity contribution >= 4 is 29.7 Å². The Hall–Kier alpha value is -2.92. The van der Waals surface area contributed by atoms with E-state index in [2.05, 4.69) is 16.0 Å². The second-order valence-corrected chi connectivity index (χ2v) is 15.4. The summed E-state index contributed by atoms with van der Waals surface area (Å²) in [6.45, 7) is 5.74. The molecule has 238 valence electrons. The molecule has 2 heterocycles. The quantitative estimate of drug-likeness (QED) is 0.332. The summed E-state index contributed by atoms with van der Waals surface area (Å²) in [5, 5.41) is 8.39. The molecule has 7 aliphatic rings. The highest BCUT2D eigenvalue weighted by molar-refractivity contribution is 5.95. The molecule has 0 aromatic heterocycles. The lowest BCUT2D eigenvalue weighted by atomic mass is 9.46. The van der Waals surface area contributed by atoms with Gasteiger partial charge in [-0.3, -0.25) is 19.2 Å². The van der Waals surface area contributed by atoms with Gasteiger partial charge in [-0.1, -0.05) is 0 Å². The van der Waals surface area contributed by atoms with E-state index < -0.39 is 58.6 Å². The number of fused-ring (bicyclic) bond motifs is 2. The zero-order valence-electron chi connectivity index (χ0n) is 25.5. The molecule has 6 bridgehead atoms. The molecule has 5 saturated carbocycles. The molecular weight excluding hydrogens is 557 g/mol. The number of rotatable bonds is 8. The number of hydrogen-bond acceptors (Lipinski definition) is 6. The molecule has 0 aromatic rings. The predicted molar refractivity (Wildman–Crippen MR) is 153 cm³/mol. The smallest absolute Gasteiger partial charge is 0.408 e. The number of piperidine rings is 1. The van der Waals surface area contributed by atoms with Gasteiger partial charge in [0.2, 0.25) is 23.6 Å². The Bertz CT molecular complexity index is 1190. The maximum absolute atomic E-state index is 16.1. The summed E-state index contributed by atoms with van der Waals surface area (Å²) in [6, 6.07) is -3.13. The van der Waals surface area contributed by atoms with Crippen LogP contribution in [-0.2, 0) is 23.9 Å². The Morgan fingerprint density at radius 2 is 1.77 bits per heavy atom. The first kappa shape index (κ1) is 30.1. The fourth-order valence-electron chi connectivity index (χ4n) is 9.91. The molecule has 5 aliphatic carbocycles. The second-order valence-electron chi connectivity index (χ2n) is 15.4. The first-order valence-electron chi connectivity index (χ1n) is 16.0.